The van der Waals surface area contributed by atoms with Gasteiger partial charge in [0.25, 0.3) is 6.08 Å². The molecule has 4 heteroatoms. The average Bonchev–Trinajstić information content (AvgIpc) is 2.88. The first-order valence-electron chi connectivity index (χ1n) is 15.0. The number of unbranched alkanes of at least 4 members (excludes halogenated alkanes) is 1. The lowest BCUT2D eigenvalue weighted by atomic mass is 9.68. The van der Waals surface area contributed by atoms with E-state index >= 15 is 0 Å². The van der Waals surface area contributed by atoms with Gasteiger partial charge in [-0.1, -0.05) is 57.4 Å². The summed E-state index contributed by atoms with van der Waals surface area (Å²) in [6.07, 6.45) is 23.4. The lowest BCUT2D eigenvalue weighted by Gasteiger charge is -2.38. The van der Waals surface area contributed by atoms with Gasteiger partial charge in [-0.2, -0.15) is 8.78 Å². The molecule has 3 saturated carbocycles. The average molecular weight is 493 g/mol. The number of ether oxygens (including phenoxy) is 2. The van der Waals surface area contributed by atoms with Gasteiger partial charge in [0.1, 0.15) is 0 Å². The SMILES string of the molecule is C=CCC1OCC(C2CCC(CCCCC3CCC(C4CCC(C=C(F)F)CC4)CC3)CC2)CO1. The van der Waals surface area contributed by atoms with Gasteiger partial charge in [0.05, 0.1) is 13.2 Å². The number of allylic oxidation sites excluding steroid dienone is 1. The lowest BCUT2D eigenvalue weighted by Crippen LogP contribution is -2.37. The van der Waals surface area contributed by atoms with Gasteiger partial charge >= 0.3 is 0 Å². The lowest BCUT2D eigenvalue weighted by molar-refractivity contribution is -0.207. The van der Waals surface area contributed by atoms with Crippen molar-refractivity contribution in [3.05, 3.63) is 24.8 Å². The second-order valence-corrected chi connectivity index (χ2v) is 12.4. The molecule has 0 N–H and O–H groups in total. The molecular formula is C31H50F2O2. The van der Waals surface area contributed by atoms with Crippen LogP contribution < -0.4 is 0 Å². The largest absolute Gasteiger partial charge is 0.352 e. The molecule has 4 fully saturated rings. The number of rotatable bonds is 10. The molecule has 0 unspecified atom stereocenters. The van der Waals surface area contributed by atoms with Crippen molar-refractivity contribution in [2.75, 3.05) is 13.2 Å². The van der Waals surface area contributed by atoms with Crippen LogP contribution in [0.1, 0.15) is 109 Å². The minimum atomic E-state index is -1.48. The van der Waals surface area contributed by atoms with Crippen LogP contribution in [0.15, 0.2) is 24.8 Å². The van der Waals surface area contributed by atoms with Gasteiger partial charge in [-0.3, -0.25) is 0 Å². The quantitative estimate of drug-likeness (QED) is 0.223. The molecular weight excluding hydrogens is 442 g/mol. The van der Waals surface area contributed by atoms with Crippen molar-refractivity contribution >= 4 is 0 Å². The van der Waals surface area contributed by atoms with Crippen molar-refractivity contribution in [1.82, 2.24) is 0 Å². The summed E-state index contributed by atoms with van der Waals surface area (Å²) in [7, 11) is 0. The van der Waals surface area contributed by atoms with Gasteiger partial charge in [0, 0.05) is 12.3 Å². The van der Waals surface area contributed by atoms with Crippen molar-refractivity contribution in [2.45, 2.75) is 115 Å². The van der Waals surface area contributed by atoms with E-state index in [1.807, 2.05) is 6.08 Å². The van der Waals surface area contributed by atoms with Crippen LogP contribution in [-0.2, 0) is 9.47 Å². The van der Waals surface area contributed by atoms with E-state index in [0.717, 1.165) is 62.1 Å². The number of halogens is 2. The summed E-state index contributed by atoms with van der Waals surface area (Å²) in [6.45, 7) is 5.52. The molecule has 0 aromatic heterocycles. The van der Waals surface area contributed by atoms with E-state index in [2.05, 4.69) is 6.58 Å². The van der Waals surface area contributed by atoms with Crippen molar-refractivity contribution in [1.29, 1.82) is 0 Å². The molecule has 1 heterocycles. The molecule has 1 aliphatic heterocycles. The maximum absolute atomic E-state index is 12.5. The minimum Gasteiger partial charge on any atom is -0.352 e. The van der Waals surface area contributed by atoms with Crippen LogP contribution in [0, 0.1) is 41.4 Å². The maximum atomic E-state index is 12.5. The van der Waals surface area contributed by atoms with Crippen LogP contribution >= 0.6 is 0 Å². The monoisotopic (exact) mass is 492 g/mol. The molecule has 0 aromatic rings. The predicted molar refractivity (Wildman–Crippen MR) is 139 cm³/mol. The smallest absolute Gasteiger partial charge is 0.266 e. The van der Waals surface area contributed by atoms with E-state index in [4.69, 9.17) is 9.47 Å². The molecule has 1 saturated heterocycles. The third kappa shape index (κ3) is 8.66. The Bertz CT molecular complexity index is 628. The van der Waals surface area contributed by atoms with Crippen LogP contribution in [0.5, 0.6) is 0 Å². The fraction of sp³-hybridized carbons (Fsp3) is 0.871. The van der Waals surface area contributed by atoms with Gasteiger partial charge in [-0.25, -0.2) is 0 Å². The first-order chi connectivity index (χ1) is 17.1. The van der Waals surface area contributed by atoms with Crippen molar-refractivity contribution in [3.8, 4) is 0 Å². The fourth-order valence-corrected chi connectivity index (χ4v) is 7.83. The zero-order valence-electron chi connectivity index (χ0n) is 22.0. The topological polar surface area (TPSA) is 18.5 Å². The second-order valence-electron chi connectivity index (χ2n) is 12.4. The number of hydrogen-bond acceptors (Lipinski definition) is 2. The summed E-state index contributed by atoms with van der Waals surface area (Å²) >= 11 is 0. The molecule has 0 aromatic carbocycles. The highest BCUT2D eigenvalue weighted by molar-refractivity contribution is 4.92. The third-order valence-electron chi connectivity index (χ3n) is 10.1. The standard InChI is InChI=1S/C31H50F2O2/c1-2-5-31-34-21-29(22-35-31)28-16-10-24(11-17-28)7-4-3-6-23-8-14-26(15-9-23)27-18-12-25(13-19-27)20-30(32)33/h2,20,23-29,31H,1,3-19,21-22H2. The Hall–Kier alpha value is -0.740. The summed E-state index contributed by atoms with van der Waals surface area (Å²) in [6, 6.07) is 0. The predicted octanol–water partition coefficient (Wildman–Crippen LogP) is 9.31. The van der Waals surface area contributed by atoms with E-state index in [0.29, 0.717) is 5.92 Å². The Balaban J connectivity index is 1.02. The van der Waals surface area contributed by atoms with E-state index in [-0.39, 0.29) is 12.2 Å². The van der Waals surface area contributed by atoms with Gasteiger partial charge in [0.15, 0.2) is 6.29 Å². The van der Waals surface area contributed by atoms with Crippen LogP contribution in [0.4, 0.5) is 8.78 Å². The molecule has 4 rings (SSSR count). The van der Waals surface area contributed by atoms with Gasteiger partial charge in [0.2, 0.25) is 0 Å². The first-order valence-corrected chi connectivity index (χ1v) is 15.0. The molecule has 2 nitrogen and oxygen atoms in total. The van der Waals surface area contributed by atoms with Gasteiger partial charge < -0.3 is 9.47 Å². The Morgan fingerprint density at radius 3 is 1.57 bits per heavy atom. The highest BCUT2D eigenvalue weighted by atomic mass is 19.3. The van der Waals surface area contributed by atoms with Gasteiger partial charge in [-0.15, -0.1) is 6.58 Å². The molecule has 0 spiro atoms. The van der Waals surface area contributed by atoms with E-state index in [1.165, 1.54) is 96.0 Å². The summed E-state index contributed by atoms with van der Waals surface area (Å²) in [5.74, 6) is 5.08. The summed E-state index contributed by atoms with van der Waals surface area (Å²) in [4.78, 5) is 0. The molecule has 4 aliphatic rings. The minimum absolute atomic E-state index is 0.0618. The van der Waals surface area contributed by atoms with E-state index < -0.39 is 6.08 Å². The molecule has 0 bridgehead atoms. The van der Waals surface area contributed by atoms with Crippen molar-refractivity contribution < 1.29 is 18.3 Å². The maximum Gasteiger partial charge on any atom is 0.266 e. The first kappa shape index (κ1) is 27.3. The fourth-order valence-electron chi connectivity index (χ4n) is 7.83. The Kier molecular flexibility index (Phi) is 11.1. The van der Waals surface area contributed by atoms with Crippen LogP contribution in [0.2, 0.25) is 0 Å². The Morgan fingerprint density at radius 2 is 1.11 bits per heavy atom. The zero-order chi connectivity index (χ0) is 24.5. The van der Waals surface area contributed by atoms with Gasteiger partial charge in [-0.05, 0) is 93.0 Å². The molecule has 0 radical (unpaired) electrons. The van der Waals surface area contributed by atoms with Crippen LogP contribution in [0.25, 0.3) is 0 Å². The van der Waals surface area contributed by atoms with E-state index in [1.54, 1.807) is 0 Å². The third-order valence-corrected chi connectivity index (χ3v) is 10.1. The highest BCUT2D eigenvalue weighted by Crippen LogP contribution is 2.43. The van der Waals surface area contributed by atoms with Crippen molar-refractivity contribution in [3.63, 3.8) is 0 Å². The molecule has 0 amide bonds. The number of hydrogen-bond donors (Lipinski definition) is 0. The normalized spacial score (nSPS) is 38.6. The second kappa shape index (κ2) is 14.3. The van der Waals surface area contributed by atoms with Crippen LogP contribution in [0.3, 0.4) is 0 Å². The summed E-state index contributed by atoms with van der Waals surface area (Å²) < 4.78 is 36.8. The van der Waals surface area contributed by atoms with Crippen LogP contribution in [-0.4, -0.2) is 19.5 Å². The molecule has 0 atom stereocenters. The molecule has 3 aliphatic carbocycles. The highest BCUT2D eigenvalue weighted by Gasteiger charge is 2.32. The zero-order valence-corrected chi connectivity index (χ0v) is 22.0. The molecule has 35 heavy (non-hydrogen) atoms. The van der Waals surface area contributed by atoms with E-state index in [9.17, 15) is 8.78 Å². The molecule has 200 valence electrons. The Morgan fingerprint density at radius 1 is 0.657 bits per heavy atom. The summed E-state index contributed by atoms with van der Waals surface area (Å²) in [5, 5.41) is 0. The van der Waals surface area contributed by atoms with Crippen molar-refractivity contribution in [2.24, 2.45) is 41.4 Å². The Labute approximate surface area is 213 Å². The summed E-state index contributed by atoms with van der Waals surface area (Å²) in [5.41, 5.74) is 0.